The highest BCUT2D eigenvalue weighted by Crippen LogP contribution is 2.31. The van der Waals surface area contributed by atoms with Gasteiger partial charge in [-0.1, -0.05) is 0 Å². The third-order valence-corrected chi connectivity index (χ3v) is 5.47. The molecule has 6 heteroatoms. The monoisotopic (exact) mass is 407 g/mol. The van der Waals surface area contributed by atoms with Crippen LogP contribution in [-0.4, -0.2) is 11.9 Å². The minimum Gasteiger partial charge on any atom is -0.349 e. The van der Waals surface area contributed by atoms with E-state index in [1.165, 1.54) is 16.9 Å². The predicted molar refractivity (Wildman–Crippen MR) is 84.7 cm³/mol. The van der Waals surface area contributed by atoms with E-state index in [0.29, 0.717) is 5.56 Å². The third-order valence-electron chi connectivity index (χ3n) is 2.40. The molecule has 0 aliphatic carbocycles. The van der Waals surface area contributed by atoms with E-state index in [4.69, 9.17) is 0 Å². The molecule has 0 saturated heterocycles. The van der Waals surface area contributed by atoms with Crippen LogP contribution in [0.15, 0.2) is 30.5 Å². The first-order valence-corrected chi connectivity index (χ1v) is 8.67. The van der Waals surface area contributed by atoms with Crippen molar-refractivity contribution in [3.63, 3.8) is 0 Å². The maximum absolute atomic E-state index is 12.1. The molecule has 0 saturated carbocycles. The van der Waals surface area contributed by atoms with Crippen molar-refractivity contribution in [3.8, 4) is 0 Å². The Hall–Kier alpha value is -0.170. The lowest BCUT2D eigenvalue weighted by molar-refractivity contribution is 0.0940. The predicted octanol–water partition coefficient (Wildman–Crippen LogP) is 4.70. The lowest BCUT2D eigenvalue weighted by Gasteiger charge is -2.12. The van der Waals surface area contributed by atoms with E-state index in [1.54, 1.807) is 11.3 Å². The van der Waals surface area contributed by atoms with Gasteiger partial charge < -0.3 is 5.32 Å². The highest BCUT2D eigenvalue weighted by atomic mass is 79.9. The molecular weight excluding hydrogens is 398 g/mol. The van der Waals surface area contributed by atoms with Gasteiger partial charge in [-0.25, -0.2) is 0 Å². The molecule has 2 aromatic heterocycles. The van der Waals surface area contributed by atoms with Gasteiger partial charge in [-0.3, -0.25) is 4.79 Å². The Bertz CT molecular complexity index is 536. The molecule has 1 amide bonds. The molecule has 2 rings (SSSR count). The summed E-state index contributed by atoms with van der Waals surface area (Å²) < 4.78 is 1.81. The summed E-state index contributed by atoms with van der Waals surface area (Å²) >= 11 is 9.96. The Balaban J connectivity index is 1.97. The van der Waals surface area contributed by atoms with Gasteiger partial charge in [0, 0.05) is 6.04 Å². The Morgan fingerprint density at radius 1 is 1.50 bits per heavy atom. The maximum atomic E-state index is 12.1. The Morgan fingerprint density at radius 3 is 2.83 bits per heavy atom. The first kappa shape index (κ1) is 14.2. The number of amides is 1. The second-order valence-electron chi connectivity index (χ2n) is 3.95. The van der Waals surface area contributed by atoms with E-state index in [2.05, 4.69) is 54.0 Å². The fourth-order valence-electron chi connectivity index (χ4n) is 1.61. The third kappa shape index (κ3) is 3.66. The number of nitrogens with one attached hydrogen (secondary N) is 1. The second kappa shape index (κ2) is 6.32. The number of carbonyl (C=O) groups excluding carboxylic acids is 1. The molecule has 2 aromatic rings. The summed E-state index contributed by atoms with van der Waals surface area (Å²) in [5.41, 5.74) is 1.95. The van der Waals surface area contributed by atoms with Gasteiger partial charge in [-0.05, 0) is 73.7 Å². The molecule has 0 spiro atoms. The molecule has 2 nitrogen and oxygen atoms in total. The van der Waals surface area contributed by atoms with Gasteiger partial charge in [0.2, 0.25) is 0 Å². The largest absolute Gasteiger partial charge is 0.349 e. The molecule has 0 bridgehead atoms. The number of halogens is 2. The molecule has 2 heterocycles. The van der Waals surface area contributed by atoms with Crippen LogP contribution in [0.1, 0.15) is 22.8 Å². The zero-order valence-electron chi connectivity index (χ0n) is 9.57. The van der Waals surface area contributed by atoms with Gasteiger partial charge >= 0.3 is 0 Å². The lowest BCUT2D eigenvalue weighted by Crippen LogP contribution is -2.33. The average molecular weight is 409 g/mol. The number of carbonyl (C=O) groups is 1. The maximum Gasteiger partial charge on any atom is 0.253 e. The van der Waals surface area contributed by atoms with Crippen LogP contribution in [0.2, 0.25) is 0 Å². The van der Waals surface area contributed by atoms with Crippen molar-refractivity contribution >= 4 is 60.4 Å². The van der Waals surface area contributed by atoms with Crippen molar-refractivity contribution in [2.75, 3.05) is 0 Å². The van der Waals surface area contributed by atoms with E-state index >= 15 is 0 Å². The van der Waals surface area contributed by atoms with Crippen LogP contribution in [0.25, 0.3) is 0 Å². The van der Waals surface area contributed by atoms with Crippen LogP contribution < -0.4 is 5.32 Å². The fraction of sp³-hybridized carbons (Fsp3) is 0.250. The quantitative estimate of drug-likeness (QED) is 0.780. The molecule has 0 aliphatic heterocycles. The van der Waals surface area contributed by atoms with Crippen molar-refractivity contribution in [3.05, 3.63) is 41.6 Å². The molecule has 18 heavy (non-hydrogen) atoms. The lowest BCUT2D eigenvalue weighted by atomic mass is 10.1. The van der Waals surface area contributed by atoms with Crippen LogP contribution in [0.4, 0.5) is 0 Å². The van der Waals surface area contributed by atoms with Crippen molar-refractivity contribution in [2.24, 2.45) is 0 Å². The minimum atomic E-state index is -0.0356. The number of thiophene rings is 2. The molecule has 0 aliphatic rings. The van der Waals surface area contributed by atoms with Crippen LogP contribution in [0, 0.1) is 0 Å². The van der Waals surface area contributed by atoms with Gasteiger partial charge in [0.15, 0.2) is 0 Å². The van der Waals surface area contributed by atoms with Gasteiger partial charge in [0.1, 0.15) is 0 Å². The van der Waals surface area contributed by atoms with Crippen LogP contribution in [0.3, 0.4) is 0 Å². The highest BCUT2D eigenvalue weighted by Gasteiger charge is 2.15. The zero-order chi connectivity index (χ0) is 13.1. The Labute approximate surface area is 131 Å². The summed E-state index contributed by atoms with van der Waals surface area (Å²) in [4.78, 5) is 12.1. The standard InChI is InChI=1S/C12H11Br2NOS2/c1-7(4-8-2-3-17-6-8)15-12(16)9-5-10(13)18-11(9)14/h2-3,5-7H,4H2,1H3,(H,15,16). The minimum absolute atomic E-state index is 0.0356. The number of hydrogen-bond acceptors (Lipinski definition) is 3. The summed E-state index contributed by atoms with van der Waals surface area (Å²) in [6.45, 7) is 2.02. The first-order valence-electron chi connectivity index (χ1n) is 5.33. The second-order valence-corrected chi connectivity index (χ2v) is 8.48. The van der Waals surface area contributed by atoms with E-state index in [1.807, 2.05) is 13.0 Å². The van der Waals surface area contributed by atoms with Crippen molar-refractivity contribution in [1.29, 1.82) is 0 Å². The SMILES string of the molecule is CC(Cc1ccsc1)NC(=O)c1cc(Br)sc1Br. The molecule has 0 fully saturated rings. The van der Waals surface area contributed by atoms with Crippen LogP contribution in [0.5, 0.6) is 0 Å². The topological polar surface area (TPSA) is 29.1 Å². The molecule has 0 radical (unpaired) electrons. The zero-order valence-corrected chi connectivity index (χ0v) is 14.4. The highest BCUT2D eigenvalue weighted by molar-refractivity contribution is 9.12. The van der Waals surface area contributed by atoms with Gasteiger partial charge in [-0.15, -0.1) is 11.3 Å². The Morgan fingerprint density at radius 2 is 2.28 bits per heavy atom. The summed E-state index contributed by atoms with van der Waals surface area (Å²) in [6, 6.07) is 4.05. The number of rotatable bonds is 4. The summed E-state index contributed by atoms with van der Waals surface area (Å²) in [6.07, 6.45) is 0.859. The summed E-state index contributed by atoms with van der Waals surface area (Å²) in [7, 11) is 0. The van der Waals surface area contributed by atoms with E-state index in [-0.39, 0.29) is 11.9 Å². The van der Waals surface area contributed by atoms with Crippen molar-refractivity contribution in [2.45, 2.75) is 19.4 Å². The molecule has 1 unspecified atom stereocenters. The van der Waals surface area contributed by atoms with Crippen molar-refractivity contribution < 1.29 is 4.79 Å². The van der Waals surface area contributed by atoms with E-state index < -0.39 is 0 Å². The van der Waals surface area contributed by atoms with Crippen molar-refractivity contribution in [1.82, 2.24) is 5.32 Å². The average Bonchev–Trinajstić information content (AvgIpc) is 2.88. The van der Waals surface area contributed by atoms with Gasteiger partial charge in [-0.2, -0.15) is 11.3 Å². The molecule has 0 aromatic carbocycles. The summed E-state index contributed by atoms with van der Waals surface area (Å²) in [5, 5.41) is 7.17. The van der Waals surface area contributed by atoms with E-state index in [9.17, 15) is 4.79 Å². The molecular formula is C12H11Br2NOS2. The molecule has 1 atom stereocenters. The smallest absolute Gasteiger partial charge is 0.253 e. The normalized spacial score (nSPS) is 12.4. The number of hydrogen-bond donors (Lipinski definition) is 1. The molecule has 96 valence electrons. The van der Waals surface area contributed by atoms with E-state index in [0.717, 1.165) is 14.0 Å². The van der Waals surface area contributed by atoms with Gasteiger partial charge in [0.25, 0.3) is 5.91 Å². The summed E-state index contributed by atoms with van der Waals surface area (Å²) in [5.74, 6) is -0.0356. The van der Waals surface area contributed by atoms with Crippen LogP contribution >= 0.6 is 54.5 Å². The van der Waals surface area contributed by atoms with Crippen LogP contribution in [-0.2, 0) is 6.42 Å². The van der Waals surface area contributed by atoms with Gasteiger partial charge in [0.05, 0.1) is 13.1 Å². The Kier molecular flexibility index (Phi) is 5.00. The fourth-order valence-corrected chi connectivity index (χ4v) is 5.08. The molecule has 1 N–H and O–H groups in total. The first-order chi connectivity index (χ1) is 8.56.